The van der Waals surface area contributed by atoms with Crippen LogP contribution in [0.2, 0.25) is 0 Å². The molecular weight excluding hydrogens is 293 g/mol. The fraction of sp³-hybridized carbons (Fsp3) is 0.278. The van der Waals surface area contributed by atoms with Crippen molar-refractivity contribution in [2.75, 3.05) is 26.5 Å². The number of hydrogen-bond acceptors (Lipinski definition) is 2. The van der Waals surface area contributed by atoms with Crippen LogP contribution in [-0.2, 0) is 13.1 Å². The summed E-state index contributed by atoms with van der Waals surface area (Å²) in [4.78, 5) is 15.7. The van der Waals surface area contributed by atoms with Gasteiger partial charge in [0.2, 0.25) is 0 Å². The normalized spacial score (nSPS) is 10.7. The van der Waals surface area contributed by atoms with Gasteiger partial charge in [-0.15, -0.1) is 0 Å². The molecule has 122 valence electrons. The lowest BCUT2D eigenvalue weighted by Crippen LogP contribution is -2.31. The highest BCUT2D eigenvalue weighted by atomic mass is 19.1. The molecule has 0 heterocycles. The number of carbonyl (C=O) groups excluding carboxylic acids is 1. The van der Waals surface area contributed by atoms with Crippen molar-refractivity contribution in [2.45, 2.75) is 13.1 Å². The molecule has 2 rings (SSSR count). The Bertz CT molecular complexity index is 656. The van der Waals surface area contributed by atoms with Gasteiger partial charge in [-0.25, -0.2) is 9.18 Å². The molecule has 5 heteroatoms. The molecule has 0 radical (unpaired) electrons. The predicted molar refractivity (Wildman–Crippen MR) is 90.7 cm³/mol. The lowest BCUT2D eigenvalue weighted by atomic mass is 10.1. The molecule has 0 saturated heterocycles. The average Bonchev–Trinajstić information content (AvgIpc) is 2.51. The van der Waals surface area contributed by atoms with Crippen molar-refractivity contribution in [3.8, 4) is 0 Å². The second kappa shape index (κ2) is 7.74. The second-order valence-corrected chi connectivity index (χ2v) is 5.82. The van der Waals surface area contributed by atoms with Crippen LogP contribution in [0.15, 0.2) is 48.5 Å². The molecule has 0 fully saturated rings. The third-order valence-corrected chi connectivity index (χ3v) is 3.40. The molecule has 0 bridgehead atoms. The zero-order chi connectivity index (χ0) is 16.8. The van der Waals surface area contributed by atoms with Crippen molar-refractivity contribution in [3.63, 3.8) is 0 Å². The van der Waals surface area contributed by atoms with Crippen LogP contribution in [-0.4, -0.2) is 37.0 Å². The van der Waals surface area contributed by atoms with Gasteiger partial charge in [-0.2, -0.15) is 0 Å². The molecule has 1 N–H and O–H groups in total. The number of benzene rings is 2. The number of amides is 2. The third kappa shape index (κ3) is 5.07. The van der Waals surface area contributed by atoms with E-state index in [0.717, 1.165) is 12.1 Å². The third-order valence-electron chi connectivity index (χ3n) is 3.40. The van der Waals surface area contributed by atoms with Crippen LogP contribution in [0.3, 0.4) is 0 Å². The minimum atomic E-state index is -0.442. The standard InChI is InChI=1S/C18H22FN3O/c1-21(2)12-14-8-10-15(11-9-14)13-22(3)18(23)20-17-7-5-4-6-16(17)19/h4-11H,12-13H2,1-3H3,(H,20,23). The van der Waals surface area contributed by atoms with Crippen LogP contribution < -0.4 is 5.32 Å². The van der Waals surface area contributed by atoms with E-state index in [-0.39, 0.29) is 11.7 Å². The van der Waals surface area contributed by atoms with E-state index in [4.69, 9.17) is 0 Å². The Morgan fingerprint density at radius 1 is 0.957 bits per heavy atom. The van der Waals surface area contributed by atoms with Gasteiger partial charge in [-0.3, -0.25) is 0 Å². The van der Waals surface area contributed by atoms with Crippen LogP contribution in [0.1, 0.15) is 11.1 Å². The van der Waals surface area contributed by atoms with Crippen molar-refractivity contribution in [3.05, 3.63) is 65.5 Å². The first kappa shape index (κ1) is 17.0. The van der Waals surface area contributed by atoms with Gasteiger partial charge in [-0.1, -0.05) is 36.4 Å². The summed E-state index contributed by atoms with van der Waals surface area (Å²) < 4.78 is 13.6. The van der Waals surface area contributed by atoms with Crippen molar-refractivity contribution < 1.29 is 9.18 Å². The average molecular weight is 315 g/mol. The highest BCUT2D eigenvalue weighted by molar-refractivity contribution is 5.89. The Hall–Kier alpha value is -2.40. The first-order valence-corrected chi connectivity index (χ1v) is 7.45. The van der Waals surface area contributed by atoms with E-state index in [1.54, 1.807) is 19.2 Å². The number of rotatable bonds is 5. The number of urea groups is 1. The maximum atomic E-state index is 13.6. The molecule has 23 heavy (non-hydrogen) atoms. The van der Waals surface area contributed by atoms with Gasteiger partial charge in [0.15, 0.2) is 0 Å². The van der Waals surface area contributed by atoms with E-state index < -0.39 is 5.82 Å². The van der Waals surface area contributed by atoms with E-state index in [0.29, 0.717) is 6.54 Å². The van der Waals surface area contributed by atoms with Crippen LogP contribution in [0.25, 0.3) is 0 Å². The molecule has 0 aromatic heterocycles. The van der Waals surface area contributed by atoms with Gasteiger partial charge >= 0.3 is 6.03 Å². The molecule has 0 saturated carbocycles. The molecule has 0 aliphatic heterocycles. The fourth-order valence-electron chi connectivity index (χ4n) is 2.23. The molecule has 0 atom stereocenters. The monoisotopic (exact) mass is 315 g/mol. The molecule has 0 unspecified atom stereocenters. The number of hydrogen-bond donors (Lipinski definition) is 1. The molecule has 0 aliphatic rings. The lowest BCUT2D eigenvalue weighted by Gasteiger charge is -2.18. The summed E-state index contributed by atoms with van der Waals surface area (Å²) in [5, 5.41) is 2.57. The van der Waals surface area contributed by atoms with Crippen molar-refractivity contribution in [1.82, 2.24) is 9.80 Å². The van der Waals surface area contributed by atoms with Crippen molar-refractivity contribution >= 4 is 11.7 Å². The second-order valence-electron chi connectivity index (χ2n) is 5.82. The Morgan fingerprint density at radius 2 is 1.52 bits per heavy atom. The largest absolute Gasteiger partial charge is 0.323 e. The summed E-state index contributed by atoms with van der Waals surface area (Å²) in [6.45, 7) is 1.34. The maximum absolute atomic E-state index is 13.6. The lowest BCUT2D eigenvalue weighted by molar-refractivity contribution is 0.220. The number of anilines is 1. The van der Waals surface area contributed by atoms with Crippen LogP contribution in [0.5, 0.6) is 0 Å². The maximum Gasteiger partial charge on any atom is 0.321 e. The fourth-order valence-corrected chi connectivity index (χ4v) is 2.23. The van der Waals surface area contributed by atoms with E-state index in [9.17, 15) is 9.18 Å². The van der Waals surface area contributed by atoms with Crippen molar-refractivity contribution in [2.24, 2.45) is 0 Å². The smallest absolute Gasteiger partial charge is 0.321 e. The highest BCUT2D eigenvalue weighted by Gasteiger charge is 2.11. The summed E-state index contributed by atoms with van der Waals surface area (Å²) in [6, 6.07) is 13.9. The van der Waals surface area contributed by atoms with E-state index in [1.165, 1.54) is 22.6 Å². The van der Waals surface area contributed by atoms with Crippen molar-refractivity contribution in [1.29, 1.82) is 0 Å². The summed E-state index contributed by atoms with van der Waals surface area (Å²) in [7, 11) is 5.73. The molecule has 0 aliphatic carbocycles. The summed E-state index contributed by atoms with van der Waals surface area (Å²) in [6.07, 6.45) is 0. The van der Waals surface area contributed by atoms with E-state index in [2.05, 4.69) is 22.3 Å². The number of halogens is 1. The topological polar surface area (TPSA) is 35.6 Å². The van der Waals surface area contributed by atoms with Gasteiger partial charge < -0.3 is 15.1 Å². The van der Waals surface area contributed by atoms with Gasteiger partial charge in [0.1, 0.15) is 5.82 Å². The first-order chi connectivity index (χ1) is 11.0. The van der Waals surface area contributed by atoms with Crippen LogP contribution >= 0.6 is 0 Å². The van der Waals surface area contributed by atoms with Gasteiger partial charge in [0.05, 0.1) is 5.69 Å². The Kier molecular flexibility index (Phi) is 5.71. The molecule has 4 nitrogen and oxygen atoms in total. The Labute approximate surface area is 136 Å². The molecular formula is C18H22FN3O. The summed E-state index contributed by atoms with van der Waals surface area (Å²) in [5.41, 5.74) is 2.43. The SMILES string of the molecule is CN(C)Cc1ccc(CN(C)C(=O)Nc2ccccc2F)cc1. The Balaban J connectivity index is 1.94. The van der Waals surface area contributed by atoms with E-state index in [1.807, 2.05) is 26.2 Å². The molecule has 2 aromatic rings. The van der Waals surface area contributed by atoms with Gasteiger partial charge in [0, 0.05) is 20.1 Å². The number of carbonyl (C=O) groups is 1. The minimum Gasteiger partial charge on any atom is -0.323 e. The van der Waals surface area contributed by atoms with Crippen LogP contribution in [0, 0.1) is 5.82 Å². The van der Waals surface area contributed by atoms with E-state index >= 15 is 0 Å². The van der Waals surface area contributed by atoms with Crippen LogP contribution in [0.4, 0.5) is 14.9 Å². The number of nitrogens with zero attached hydrogens (tertiary/aromatic N) is 2. The van der Waals surface area contributed by atoms with Gasteiger partial charge in [-0.05, 0) is 37.4 Å². The number of para-hydroxylation sites is 1. The quantitative estimate of drug-likeness (QED) is 0.916. The summed E-state index contributed by atoms with van der Waals surface area (Å²) >= 11 is 0. The Morgan fingerprint density at radius 3 is 2.09 bits per heavy atom. The molecule has 0 spiro atoms. The minimum absolute atomic E-state index is 0.186. The number of nitrogens with one attached hydrogen (secondary N) is 1. The van der Waals surface area contributed by atoms with Gasteiger partial charge in [0.25, 0.3) is 0 Å². The zero-order valence-corrected chi connectivity index (χ0v) is 13.7. The molecule has 2 aromatic carbocycles. The predicted octanol–water partition coefficient (Wildman–Crippen LogP) is 3.55. The molecule has 2 amide bonds. The zero-order valence-electron chi connectivity index (χ0n) is 13.7. The first-order valence-electron chi connectivity index (χ1n) is 7.45. The summed E-state index contributed by atoms with van der Waals surface area (Å²) in [5.74, 6) is -0.442. The highest BCUT2D eigenvalue weighted by Crippen LogP contribution is 2.14.